The summed E-state index contributed by atoms with van der Waals surface area (Å²) in [6.45, 7) is 3.44. The van der Waals surface area contributed by atoms with Crippen molar-refractivity contribution in [1.82, 2.24) is 9.88 Å². The smallest absolute Gasteiger partial charge is 0.306 e. The van der Waals surface area contributed by atoms with Crippen molar-refractivity contribution in [3.63, 3.8) is 0 Å². The van der Waals surface area contributed by atoms with E-state index in [4.69, 9.17) is 11.6 Å². The van der Waals surface area contributed by atoms with Crippen molar-refractivity contribution >= 4 is 29.9 Å². The Morgan fingerprint density at radius 1 is 1.06 bits per heavy atom. The van der Waals surface area contributed by atoms with Crippen LogP contribution >= 0.6 is 24.0 Å². The second kappa shape index (κ2) is 8.24. The predicted octanol–water partition coefficient (Wildman–Crippen LogP) is 3.81. The first-order chi connectivity index (χ1) is 14.5. The second-order valence-corrected chi connectivity index (χ2v) is 8.66. The summed E-state index contributed by atoms with van der Waals surface area (Å²) >= 11 is 6.56. The fourth-order valence-electron chi connectivity index (χ4n) is 4.59. The van der Waals surface area contributed by atoms with Gasteiger partial charge >= 0.3 is 5.91 Å². The number of amides is 1. The summed E-state index contributed by atoms with van der Waals surface area (Å²) in [5, 5.41) is 3.90. The van der Waals surface area contributed by atoms with Crippen LogP contribution in [0.25, 0.3) is 22.4 Å². The van der Waals surface area contributed by atoms with Crippen molar-refractivity contribution in [2.75, 3.05) is 33.2 Å². The Morgan fingerprint density at radius 3 is 2.48 bits per heavy atom. The number of nitrogens with zero attached hydrogens (tertiary/aromatic N) is 2. The van der Waals surface area contributed by atoms with Gasteiger partial charge in [0.1, 0.15) is 5.56 Å². The number of benzene rings is 2. The van der Waals surface area contributed by atoms with E-state index in [-0.39, 0.29) is 23.9 Å². The molecule has 1 N–H and O–H groups in total. The van der Waals surface area contributed by atoms with Gasteiger partial charge in [0.15, 0.2) is 0 Å². The summed E-state index contributed by atoms with van der Waals surface area (Å²) in [4.78, 5) is 27.3. The van der Waals surface area contributed by atoms with E-state index in [1.807, 2.05) is 55.6 Å². The average molecular weight is 457 g/mol. The summed E-state index contributed by atoms with van der Waals surface area (Å²) in [5.41, 5.74) is 4.28. The highest BCUT2D eigenvalue weighted by atomic mass is 35.5. The summed E-state index contributed by atoms with van der Waals surface area (Å²) in [6, 6.07) is 17.0. The molecule has 2 aliphatic rings. The Bertz CT molecular complexity index is 1220. The van der Waals surface area contributed by atoms with Gasteiger partial charge in [-0.05, 0) is 23.3 Å². The van der Waals surface area contributed by atoms with E-state index in [2.05, 4.69) is 5.32 Å². The molecule has 0 radical (unpaired) electrons. The number of carbonyl (C=O) groups excluding carboxylic acids is 1. The van der Waals surface area contributed by atoms with Gasteiger partial charge in [0.2, 0.25) is 0 Å². The van der Waals surface area contributed by atoms with Crippen molar-refractivity contribution in [2.24, 2.45) is 0 Å². The zero-order valence-corrected chi connectivity index (χ0v) is 18.8. The summed E-state index contributed by atoms with van der Waals surface area (Å²) in [5.74, 6) is 0.0326. The molecule has 5 nitrogen and oxygen atoms in total. The molecule has 5 rings (SSSR count). The molecule has 1 fully saturated rings. The molecule has 0 aliphatic carbocycles. The lowest BCUT2D eigenvalue weighted by Crippen LogP contribution is -2.59. The van der Waals surface area contributed by atoms with Crippen LogP contribution in [0.15, 0.2) is 59.4 Å². The van der Waals surface area contributed by atoms with Crippen LogP contribution in [0.3, 0.4) is 0 Å². The van der Waals surface area contributed by atoms with Crippen molar-refractivity contribution in [1.29, 1.82) is 0 Å². The Kier molecular flexibility index (Phi) is 5.79. The first-order valence-corrected chi connectivity index (χ1v) is 10.6. The Labute approximate surface area is 192 Å². The minimum absolute atomic E-state index is 0. The molecule has 0 spiro atoms. The van der Waals surface area contributed by atoms with E-state index in [0.29, 0.717) is 46.0 Å². The maximum absolute atomic E-state index is 13.9. The van der Waals surface area contributed by atoms with Gasteiger partial charge in [0.05, 0.1) is 37.4 Å². The van der Waals surface area contributed by atoms with Gasteiger partial charge < -0.3 is 9.88 Å². The molecule has 0 bridgehead atoms. The van der Waals surface area contributed by atoms with Crippen LogP contribution in [0.5, 0.6) is 0 Å². The minimum Gasteiger partial charge on any atom is -0.306 e. The lowest BCUT2D eigenvalue weighted by molar-refractivity contribution is -0.830. The molecular formula is C24H24Cl2N3O2+. The lowest BCUT2D eigenvalue weighted by atomic mass is 9.98. The zero-order valence-electron chi connectivity index (χ0n) is 17.2. The molecule has 160 valence electrons. The van der Waals surface area contributed by atoms with Crippen LogP contribution < -0.4 is 10.9 Å². The highest BCUT2D eigenvalue weighted by Gasteiger charge is 2.39. The molecule has 7 heteroatoms. The number of halogens is 2. The van der Waals surface area contributed by atoms with Crippen molar-refractivity contribution in [2.45, 2.75) is 6.54 Å². The summed E-state index contributed by atoms with van der Waals surface area (Å²) in [6.07, 6.45) is 0. The molecule has 31 heavy (non-hydrogen) atoms. The number of nitrogens with one attached hydrogen (secondary N) is 1. The van der Waals surface area contributed by atoms with E-state index in [0.717, 1.165) is 29.8 Å². The standard InChI is InChI=1S/C24H23ClN3O2.ClH/c1-28(12-10-26-11-13-28)24(30)19-14-18(16-6-3-2-4-7-16)23(29)27-15-17-8-5-9-20(25)21(17)22(19)27;/h2-9,14,26H,10-13,15H2,1H3;1H/q+1;. The fraction of sp³-hybridized carbons (Fsp3) is 0.250. The van der Waals surface area contributed by atoms with Crippen LogP contribution in [0, 0.1) is 0 Å². The van der Waals surface area contributed by atoms with Gasteiger partial charge in [-0.1, -0.05) is 54.1 Å². The number of pyridine rings is 1. The maximum Gasteiger partial charge on any atom is 0.347 e. The van der Waals surface area contributed by atoms with E-state index in [9.17, 15) is 9.59 Å². The third kappa shape index (κ3) is 3.52. The Balaban J connectivity index is 0.00000231. The number of rotatable bonds is 2. The number of carbonyl (C=O) groups is 1. The van der Waals surface area contributed by atoms with E-state index in [1.165, 1.54) is 0 Å². The zero-order chi connectivity index (χ0) is 20.9. The van der Waals surface area contributed by atoms with E-state index in [1.54, 1.807) is 10.6 Å². The van der Waals surface area contributed by atoms with Crippen LogP contribution in [-0.2, 0) is 6.54 Å². The van der Waals surface area contributed by atoms with Gasteiger partial charge in [-0.3, -0.25) is 9.28 Å². The first kappa shape index (κ1) is 21.8. The van der Waals surface area contributed by atoms with Crippen molar-refractivity contribution < 1.29 is 9.28 Å². The molecule has 0 unspecified atom stereocenters. The highest BCUT2D eigenvalue weighted by Crippen LogP contribution is 2.40. The maximum atomic E-state index is 13.9. The fourth-order valence-corrected chi connectivity index (χ4v) is 4.88. The summed E-state index contributed by atoms with van der Waals surface area (Å²) < 4.78 is 2.03. The number of aromatic nitrogens is 1. The third-order valence-electron chi connectivity index (χ3n) is 6.32. The Morgan fingerprint density at radius 2 is 1.77 bits per heavy atom. The number of quaternary nitrogens is 1. The molecular weight excluding hydrogens is 433 g/mol. The number of fused-ring (bicyclic) bond motifs is 3. The monoisotopic (exact) mass is 456 g/mol. The summed E-state index contributed by atoms with van der Waals surface area (Å²) in [7, 11) is 1.98. The minimum atomic E-state index is -0.0945. The SMILES string of the molecule is C[N+]1(C(=O)c2cc(-c3ccccc3)c(=O)n3c2-c2c(Cl)cccc2C3)CCNCC1.Cl. The van der Waals surface area contributed by atoms with Crippen LogP contribution in [0.1, 0.15) is 15.9 Å². The van der Waals surface area contributed by atoms with Crippen LogP contribution in [0.4, 0.5) is 0 Å². The van der Waals surface area contributed by atoms with Gasteiger partial charge in [-0.15, -0.1) is 12.4 Å². The van der Waals surface area contributed by atoms with Crippen molar-refractivity contribution in [3.05, 3.63) is 81.1 Å². The normalized spacial score (nSPS) is 16.2. The molecule has 3 heterocycles. The van der Waals surface area contributed by atoms with E-state index >= 15 is 0 Å². The molecule has 1 amide bonds. The van der Waals surface area contributed by atoms with Gasteiger partial charge in [-0.2, -0.15) is 0 Å². The van der Waals surface area contributed by atoms with E-state index < -0.39 is 0 Å². The highest BCUT2D eigenvalue weighted by molar-refractivity contribution is 6.33. The molecule has 1 aromatic heterocycles. The lowest BCUT2D eigenvalue weighted by Gasteiger charge is -2.35. The Hall–Kier alpha value is -2.44. The van der Waals surface area contributed by atoms with Gasteiger partial charge in [-0.25, -0.2) is 4.79 Å². The average Bonchev–Trinajstić information content (AvgIpc) is 3.16. The largest absolute Gasteiger partial charge is 0.347 e. The number of hydrogen-bond acceptors (Lipinski definition) is 3. The third-order valence-corrected chi connectivity index (χ3v) is 6.64. The number of hydrogen-bond donors (Lipinski definition) is 1. The molecule has 0 atom stereocenters. The molecule has 0 saturated carbocycles. The van der Waals surface area contributed by atoms with Gasteiger partial charge in [0.25, 0.3) is 5.56 Å². The molecule has 1 saturated heterocycles. The number of piperazine rings is 1. The van der Waals surface area contributed by atoms with Crippen LogP contribution in [-0.4, -0.2) is 48.2 Å². The molecule has 2 aliphatic heterocycles. The van der Waals surface area contributed by atoms with Gasteiger partial charge in [0, 0.05) is 24.2 Å². The first-order valence-electron chi connectivity index (χ1n) is 10.2. The topological polar surface area (TPSA) is 51.1 Å². The van der Waals surface area contributed by atoms with Crippen molar-refractivity contribution in [3.8, 4) is 22.4 Å². The quantitative estimate of drug-likeness (QED) is 0.466. The molecule has 2 aromatic carbocycles. The predicted molar refractivity (Wildman–Crippen MR) is 126 cm³/mol. The second-order valence-electron chi connectivity index (χ2n) is 8.25. The number of likely N-dealkylation sites (N-methyl/N-ethyl adjacent to an activating group) is 1. The molecule has 3 aromatic rings. The van der Waals surface area contributed by atoms with Crippen LogP contribution in [0.2, 0.25) is 5.02 Å².